The number of unbranched alkanes of at least 4 members (excludes halogenated alkanes) is 7. The number of aromatic nitrogens is 2. The number of H-pyrrole nitrogens is 1. The van der Waals surface area contributed by atoms with Crippen molar-refractivity contribution < 1.29 is 78.3 Å². The number of nitrogens with zero attached hydrogens (tertiary/aromatic N) is 3. The lowest BCUT2D eigenvalue weighted by atomic mass is 9.97. The minimum atomic E-state index is -1.95. The van der Waals surface area contributed by atoms with Crippen molar-refractivity contribution in [1.29, 1.82) is 0 Å². The second-order valence-electron chi connectivity index (χ2n) is 17.0. The van der Waals surface area contributed by atoms with Crippen molar-refractivity contribution in [2.24, 2.45) is 11.7 Å². The molecule has 4 heterocycles. The van der Waals surface area contributed by atoms with Gasteiger partial charge in [0.1, 0.15) is 61.0 Å². The number of hydrogen-bond acceptors (Lipinski definition) is 18. The summed E-state index contributed by atoms with van der Waals surface area (Å²) in [7, 11) is 2.46. The van der Waals surface area contributed by atoms with Crippen LogP contribution in [0.25, 0.3) is 0 Å². The monoisotopic (exact) mass is 915 g/mol. The van der Waals surface area contributed by atoms with Gasteiger partial charge in [0.15, 0.2) is 18.6 Å². The first kappa shape index (κ1) is 52.3. The minimum Gasteiger partial charge on any atom is -0.481 e. The number of aliphatic carboxylic acids is 2. The van der Waals surface area contributed by atoms with E-state index >= 15 is 0 Å². The number of carbonyl (C=O) groups excluding carboxylic acids is 3. The van der Waals surface area contributed by atoms with E-state index in [1.807, 2.05) is 4.98 Å². The number of aromatic amines is 1. The highest BCUT2D eigenvalue weighted by Gasteiger charge is 2.57. The first-order valence-corrected chi connectivity index (χ1v) is 21.8. The summed E-state index contributed by atoms with van der Waals surface area (Å²) in [4.78, 5) is 93.8. The van der Waals surface area contributed by atoms with Crippen LogP contribution in [0.4, 0.5) is 0 Å². The predicted octanol–water partition coefficient (Wildman–Crippen LogP) is -1.58. The van der Waals surface area contributed by atoms with Crippen molar-refractivity contribution >= 4 is 29.8 Å². The summed E-state index contributed by atoms with van der Waals surface area (Å²) in [5.74, 6) is -5.91. The van der Waals surface area contributed by atoms with E-state index in [2.05, 4.69) is 6.92 Å². The molecular formula is C41H65N5O18. The zero-order valence-corrected chi connectivity index (χ0v) is 36.6. The number of carboxylic acids is 2. The molecule has 23 nitrogen and oxygen atoms in total. The molecule has 1 aromatic heterocycles. The number of ether oxygens (including phenoxy) is 5. The fraction of sp³-hybridized carbons (Fsp3) is 0.780. The van der Waals surface area contributed by atoms with E-state index in [0.717, 1.165) is 73.7 Å². The molecule has 9 N–H and O–H groups in total. The number of carbonyl (C=O) groups is 5. The van der Waals surface area contributed by atoms with Gasteiger partial charge in [-0.15, -0.1) is 0 Å². The fourth-order valence-electron chi connectivity index (χ4n) is 8.42. The van der Waals surface area contributed by atoms with Gasteiger partial charge >= 0.3 is 29.6 Å². The summed E-state index contributed by atoms with van der Waals surface area (Å²) in [6, 6.07) is -2.56. The fourth-order valence-corrected chi connectivity index (χ4v) is 8.42. The van der Waals surface area contributed by atoms with Crippen LogP contribution in [-0.4, -0.2) is 180 Å². The number of aliphatic hydroxyl groups excluding tert-OH is 4. The maximum atomic E-state index is 14.5. The van der Waals surface area contributed by atoms with Gasteiger partial charge < -0.3 is 65.0 Å². The quantitative estimate of drug-likeness (QED) is 0.0428. The number of hydrogen-bond donors (Lipinski definition) is 8. The summed E-state index contributed by atoms with van der Waals surface area (Å²) in [6.45, 7) is 2.93. The van der Waals surface area contributed by atoms with E-state index < -0.39 is 139 Å². The summed E-state index contributed by atoms with van der Waals surface area (Å²) < 4.78 is 30.0. The van der Waals surface area contributed by atoms with Crippen molar-refractivity contribution in [2.75, 3.05) is 27.2 Å². The lowest BCUT2D eigenvalue weighted by molar-refractivity contribution is -0.233. The average molecular weight is 916 g/mol. The van der Waals surface area contributed by atoms with E-state index in [9.17, 15) is 59.1 Å². The Labute approximate surface area is 369 Å². The molecule has 362 valence electrons. The Hall–Kier alpha value is -4.33. The summed E-state index contributed by atoms with van der Waals surface area (Å²) in [5.41, 5.74) is 3.90. The number of nitrogens with two attached hydrogens (primary N) is 1. The minimum absolute atomic E-state index is 0.227. The molecule has 1 amide bonds. The van der Waals surface area contributed by atoms with Gasteiger partial charge in [-0.05, 0) is 25.8 Å². The first-order chi connectivity index (χ1) is 30.3. The van der Waals surface area contributed by atoms with Crippen LogP contribution in [0.3, 0.4) is 0 Å². The lowest BCUT2D eigenvalue weighted by Crippen LogP contribution is -2.59. The predicted molar refractivity (Wildman–Crippen MR) is 220 cm³/mol. The maximum absolute atomic E-state index is 14.5. The zero-order valence-electron chi connectivity index (χ0n) is 36.6. The van der Waals surface area contributed by atoms with E-state index in [1.54, 1.807) is 6.92 Å². The van der Waals surface area contributed by atoms with Crippen LogP contribution in [0.5, 0.6) is 0 Å². The summed E-state index contributed by atoms with van der Waals surface area (Å²) >= 11 is 0. The molecule has 4 rings (SSSR count). The maximum Gasteiger partial charge on any atom is 0.330 e. The third kappa shape index (κ3) is 13.6. The highest BCUT2D eigenvalue weighted by molar-refractivity contribution is 5.88. The van der Waals surface area contributed by atoms with Crippen molar-refractivity contribution in [3.8, 4) is 0 Å². The van der Waals surface area contributed by atoms with Crippen molar-refractivity contribution in [3.63, 3.8) is 0 Å². The Morgan fingerprint density at radius 3 is 2.12 bits per heavy atom. The second-order valence-corrected chi connectivity index (χ2v) is 17.0. The molecule has 0 spiro atoms. The van der Waals surface area contributed by atoms with E-state index in [1.165, 1.54) is 11.9 Å². The molecule has 3 aliphatic heterocycles. The molecule has 3 aliphatic rings. The number of likely N-dealkylation sites (N-methyl/N-ethyl adjacent to an activating group) is 2. The number of aliphatic hydroxyl groups is 4. The van der Waals surface area contributed by atoms with Crippen LogP contribution >= 0.6 is 0 Å². The second kappa shape index (κ2) is 24.3. The SMILES string of the molecule is CCCCCCCCCCC(CC(=O)OC1CN(C)C(C(O[C@@H]2O[C@H](CN)[C@@H](O)[C@H]2O)[C@H]2O[C@@H](n3ccc(=O)[nH]c3=O)[C@H](O)[C@@H]2O)C(=O)N(C)C1C(=O)O)OC(=O)CC(C)CC(=O)O. The van der Waals surface area contributed by atoms with Gasteiger partial charge in [-0.25, -0.2) is 9.59 Å². The van der Waals surface area contributed by atoms with Crippen molar-refractivity contribution in [1.82, 2.24) is 19.4 Å². The number of esters is 2. The largest absolute Gasteiger partial charge is 0.481 e. The number of amides is 1. The van der Waals surface area contributed by atoms with Crippen LogP contribution in [0.2, 0.25) is 0 Å². The number of carboxylic acid groups (broad SMARTS) is 2. The molecule has 64 heavy (non-hydrogen) atoms. The molecule has 3 saturated heterocycles. The van der Waals surface area contributed by atoms with Crippen LogP contribution in [0.1, 0.15) is 97.1 Å². The van der Waals surface area contributed by atoms with E-state index in [-0.39, 0.29) is 25.8 Å². The van der Waals surface area contributed by atoms with Crippen LogP contribution in [-0.2, 0) is 47.7 Å². The molecule has 0 saturated carbocycles. The van der Waals surface area contributed by atoms with E-state index in [4.69, 9.17) is 34.5 Å². The van der Waals surface area contributed by atoms with Gasteiger partial charge in [-0.2, -0.15) is 0 Å². The van der Waals surface area contributed by atoms with Gasteiger partial charge in [0.25, 0.3) is 5.56 Å². The highest BCUT2D eigenvalue weighted by Crippen LogP contribution is 2.36. The van der Waals surface area contributed by atoms with Gasteiger partial charge in [-0.1, -0.05) is 58.8 Å². The molecule has 0 bridgehead atoms. The zero-order chi connectivity index (χ0) is 47.4. The van der Waals surface area contributed by atoms with Gasteiger partial charge in [-0.3, -0.25) is 38.4 Å². The molecule has 1 aromatic rings. The lowest BCUT2D eigenvalue weighted by Gasteiger charge is -2.38. The molecule has 0 aliphatic carbocycles. The topological polar surface area (TPSA) is 340 Å². The van der Waals surface area contributed by atoms with E-state index in [0.29, 0.717) is 6.42 Å². The smallest absolute Gasteiger partial charge is 0.330 e. The molecular weight excluding hydrogens is 850 g/mol. The molecule has 0 aromatic carbocycles. The highest BCUT2D eigenvalue weighted by atomic mass is 16.7. The molecule has 0 radical (unpaired) electrons. The third-order valence-corrected chi connectivity index (χ3v) is 11.8. The van der Waals surface area contributed by atoms with Gasteiger partial charge in [0.2, 0.25) is 5.91 Å². The third-order valence-electron chi connectivity index (χ3n) is 11.8. The Balaban J connectivity index is 1.61. The number of nitrogens with one attached hydrogen (secondary N) is 1. The molecule has 3 fully saturated rings. The normalized spacial score (nSPS) is 30.1. The molecule has 14 atom stereocenters. The Morgan fingerprint density at radius 2 is 1.53 bits per heavy atom. The Kier molecular flexibility index (Phi) is 19.8. The molecule has 23 heteroatoms. The summed E-state index contributed by atoms with van der Waals surface area (Å²) in [5, 5.41) is 63.7. The van der Waals surface area contributed by atoms with Crippen LogP contribution < -0.4 is 17.0 Å². The standard InChI is InChI=1S/C41H65N5O18/c1-5-6-7-8-9-10-11-12-13-22(60-27(50)17-21(2)16-26(48)49)18-28(51)61-24-20-44(3)30(37(56)45(4)29(24)39(57)58)35(64-40-34(55)31(52)23(19-42)62-40)36-32(53)33(54)38(63-36)46-15-14-25(47)43-41(46)59/h14-15,21-24,29-36,38,40,52-55H,5-13,16-20,42H2,1-4H3,(H,48,49)(H,57,58)(H,43,47,59)/t21?,22?,23-,24?,29?,30?,31-,32+,33-,34-,35?,36+,38-,40+/m1/s1. The average Bonchev–Trinajstić information content (AvgIpc) is 3.62. The molecule has 6 unspecified atom stereocenters. The Bertz CT molecular complexity index is 1850. The van der Waals surface area contributed by atoms with Crippen molar-refractivity contribution in [3.05, 3.63) is 33.1 Å². The van der Waals surface area contributed by atoms with Gasteiger partial charge in [0, 0.05) is 45.2 Å². The summed E-state index contributed by atoms with van der Waals surface area (Å²) in [6.07, 6.45) is -9.91. The first-order valence-electron chi connectivity index (χ1n) is 21.8. The number of rotatable bonds is 24. The van der Waals surface area contributed by atoms with Crippen molar-refractivity contribution in [2.45, 2.75) is 170 Å². The Morgan fingerprint density at radius 1 is 0.875 bits per heavy atom. The van der Waals surface area contributed by atoms with Crippen LogP contribution in [0, 0.1) is 5.92 Å². The van der Waals surface area contributed by atoms with Crippen LogP contribution in [0.15, 0.2) is 21.9 Å². The van der Waals surface area contributed by atoms with Gasteiger partial charge in [0.05, 0.1) is 6.42 Å².